The van der Waals surface area contributed by atoms with E-state index in [1.807, 2.05) is 61.5 Å². The Hall–Kier alpha value is -3.69. The van der Waals surface area contributed by atoms with Gasteiger partial charge in [0, 0.05) is 17.7 Å². The molecule has 0 fully saturated rings. The molecule has 8 nitrogen and oxygen atoms in total. The third kappa shape index (κ3) is 6.26. The fourth-order valence-corrected chi connectivity index (χ4v) is 4.97. The second-order valence-electron chi connectivity index (χ2n) is 8.01. The standard InChI is InChI=1S/C20H22N2O6S.C6H6/c1-3-4-11-20(19(24)25,21-13(2)23)22-29(26,27)14-9-10-18-16(12-14)15-7-5-6-8-17(15)28-18;1-2-4-6-5-3-1/h5-10,12,22H,3-4,11H2,1-2H3,(H,21,23)(H,24,25);1-6H. The second kappa shape index (κ2) is 11.2. The van der Waals surface area contributed by atoms with Crippen LogP contribution in [-0.4, -0.2) is 31.1 Å². The largest absolute Gasteiger partial charge is 0.478 e. The third-order valence-electron chi connectivity index (χ3n) is 5.29. The average molecular weight is 497 g/mol. The van der Waals surface area contributed by atoms with Crippen molar-refractivity contribution in [2.24, 2.45) is 0 Å². The molecule has 0 aliphatic rings. The molecule has 1 unspecified atom stereocenters. The Balaban J connectivity index is 0.000000497. The minimum absolute atomic E-state index is 0.0888. The molecule has 0 aliphatic carbocycles. The van der Waals surface area contributed by atoms with E-state index in [9.17, 15) is 23.1 Å². The maximum Gasteiger partial charge on any atom is 0.345 e. The van der Waals surface area contributed by atoms with Gasteiger partial charge in [-0.1, -0.05) is 67.9 Å². The lowest BCUT2D eigenvalue weighted by molar-refractivity contribution is -0.148. The Kier molecular flexibility index (Phi) is 8.26. The van der Waals surface area contributed by atoms with Gasteiger partial charge < -0.3 is 14.8 Å². The molecule has 1 aromatic heterocycles. The van der Waals surface area contributed by atoms with Gasteiger partial charge in [0.25, 0.3) is 0 Å². The van der Waals surface area contributed by atoms with E-state index >= 15 is 0 Å². The molecule has 35 heavy (non-hydrogen) atoms. The molecular formula is C26H28N2O6S. The van der Waals surface area contributed by atoms with Crippen molar-refractivity contribution in [2.45, 2.75) is 43.7 Å². The highest BCUT2D eigenvalue weighted by Crippen LogP contribution is 2.30. The van der Waals surface area contributed by atoms with Crippen molar-refractivity contribution < 1.29 is 27.5 Å². The van der Waals surface area contributed by atoms with Crippen molar-refractivity contribution in [3.05, 3.63) is 78.9 Å². The lowest BCUT2D eigenvalue weighted by atomic mass is 10.0. The van der Waals surface area contributed by atoms with Crippen LogP contribution < -0.4 is 10.0 Å². The zero-order valence-corrected chi connectivity index (χ0v) is 20.3. The lowest BCUT2D eigenvalue weighted by Gasteiger charge is -2.30. The van der Waals surface area contributed by atoms with Crippen LogP contribution >= 0.6 is 0 Å². The van der Waals surface area contributed by atoms with Gasteiger partial charge in [-0.05, 0) is 37.1 Å². The summed E-state index contributed by atoms with van der Waals surface area (Å²) in [5, 5.41) is 13.3. The van der Waals surface area contributed by atoms with Crippen molar-refractivity contribution in [3.63, 3.8) is 0 Å². The molecule has 4 rings (SSSR count). The zero-order valence-electron chi connectivity index (χ0n) is 19.5. The van der Waals surface area contributed by atoms with Crippen LogP contribution in [0.3, 0.4) is 0 Å². The zero-order chi connectivity index (χ0) is 25.5. The Morgan fingerprint density at radius 2 is 1.51 bits per heavy atom. The van der Waals surface area contributed by atoms with Gasteiger partial charge in [0.05, 0.1) is 4.90 Å². The fourth-order valence-electron chi connectivity index (χ4n) is 3.63. The van der Waals surface area contributed by atoms with Crippen LogP contribution in [0.4, 0.5) is 0 Å². The molecule has 3 aromatic carbocycles. The Bertz CT molecular complexity index is 1390. The molecule has 9 heteroatoms. The van der Waals surface area contributed by atoms with Crippen molar-refractivity contribution in [1.29, 1.82) is 0 Å². The topological polar surface area (TPSA) is 126 Å². The fraction of sp³-hybridized carbons (Fsp3) is 0.231. The number of hydrogen-bond acceptors (Lipinski definition) is 5. The lowest BCUT2D eigenvalue weighted by Crippen LogP contribution is -2.65. The number of carboxylic acid groups (broad SMARTS) is 1. The molecule has 0 saturated heterocycles. The number of carbonyl (C=O) groups is 2. The van der Waals surface area contributed by atoms with Crippen LogP contribution in [0.1, 0.15) is 33.1 Å². The first-order valence-corrected chi connectivity index (χ1v) is 12.6. The van der Waals surface area contributed by atoms with Crippen molar-refractivity contribution in [1.82, 2.24) is 10.0 Å². The van der Waals surface area contributed by atoms with Gasteiger partial charge >= 0.3 is 5.97 Å². The summed E-state index contributed by atoms with van der Waals surface area (Å²) in [5.41, 5.74) is -0.998. The molecule has 4 aromatic rings. The molecule has 1 atom stereocenters. The number of aliphatic carboxylic acids is 1. The summed E-state index contributed by atoms with van der Waals surface area (Å²) in [4.78, 5) is 23.5. The van der Waals surface area contributed by atoms with Crippen molar-refractivity contribution in [3.8, 4) is 0 Å². The van der Waals surface area contributed by atoms with Gasteiger partial charge in [-0.3, -0.25) is 4.79 Å². The number of fused-ring (bicyclic) bond motifs is 3. The number of carbonyl (C=O) groups excluding carboxylic acids is 1. The van der Waals surface area contributed by atoms with Gasteiger partial charge in [-0.25, -0.2) is 13.2 Å². The molecule has 0 bridgehead atoms. The molecule has 0 aliphatic heterocycles. The SMILES string of the molecule is CCCCC(NC(C)=O)(NS(=O)(=O)c1ccc2oc3ccccc3c2c1)C(=O)O.c1ccccc1. The summed E-state index contributed by atoms with van der Waals surface area (Å²) in [6.07, 6.45) is 0.943. The molecule has 0 radical (unpaired) electrons. The summed E-state index contributed by atoms with van der Waals surface area (Å²) < 4.78 is 34.0. The van der Waals surface area contributed by atoms with Gasteiger partial charge in [0.1, 0.15) is 11.2 Å². The summed E-state index contributed by atoms with van der Waals surface area (Å²) in [6.45, 7) is 2.98. The van der Waals surface area contributed by atoms with Gasteiger partial charge in [0.2, 0.25) is 21.6 Å². The van der Waals surface area contributed by atoms with Crippen LogP contribution in [0.25, 0.3) is 21.9 Å². The van der Waals surface area contributed by atoms with E-state index < -0.39 is 27.6 Å². The summed E-state index contributed by atoms with van der Waals surface area (Å²) >= 11 is 0. The Morgan fingerprint density at radius 1 is 0.914 bits per heavy atom. The number of para-hydroxylation sites is 1. The maximum absolute atomic E-state index is 13.0. The predicted octanol–water partition coefficient (Wildman–Crippen LogP) is 4.66. The van der Waals surface area contributed by atoms with E-state index in [-0.39, 0.29) is 11.3 Å². The number of carboxylic acids is 1. The second-order valence-corrected chi connectivity index (χ2v) is 9.69. The number of furan rings is 1. The first-order valence-electron chi connectivity index (χ1n) is 11.2. The molecule has 0 saturated carbocycles. The van der Waals surface area contributed by atoms with E-state index in [1.54, 1.807) is 6.07 Å². The van der Waals surface area contributed by atoms with Gasteiger partial charge in [0.15, 0.2) is 0 Å². The van der Waals surface area contributed by atoms with E-state index in [1.165, 1.54) is 18.2 Å². The van der Waals surface area contributed by atoms with Gasteiger partial charge in [-0.15, -0.1) is 0 Å². The number of nitrogens with one attached hydrogen (secondary N) is 2. The number of rotatable bonds is 8. The first-order chi connectivity index (χ1) is 16.7. The highest BCUT2D eigenvalue weighted by Gasteiger charge is 2.43. The number of amides is 1. The highest BCUT2D eigenvalue weighted by molar-refractivity contribution is 7.89. The molecule has 184 valence electrons. The van der Waals surface area contributed by atoms with Gasteiger partial charge in [-0.2, -0.15) is 4.72 Å². The van der Waals surface area contributed by atoms with Crippen LogP contribution in [-0.2, 0) is 19.6 Å². The molecule has 3 N–H and O–H groups in total. The smallest absolute Gasteiger partial charge is 0.345 e. The van der Waals surface area contributed by atoms with E-state index in [4.69, 9.17) is 4.42 Å². The number of unbranched alkanes of at least 4 members (excludes halogenated alkanes) is 1. The molecular weight excluding hydrogens is 468 g/mol. The maximum atomic E-state index is 13.0. The minimum Gasteiger partial charge on any atom is -0.478 e. The van der Waals surface area contributed by atoms with Crippen LogP contribution in [0.5, 0.6) is 0 Å². The first kappa shape index (κ1) is 25.9. The average Bonchev–Trinajstić information content (AvgIpc) is 3.21. The summed E-state index contributed by atoms with van der Waals surface area (Å²) in [7, 11) is -4.26. The van der Waals surface area contributed by atoms with E-state index in [2.05, 4.69) is 10.0 Å². The quantitative estimate of drug-likeness (QED) is 0.305. The molecule has 1 heterocycles. The van der Waals surface area contributed by atoms with E-state index in [0.717, 1.165) is 12.3 Å². The summed E-state index contributed by atoms with van der Waals surface area (Å²) in [6, 6.07) is 23.5. The monoisotopic (exact) mass is 496 g/mol. The third-order valence-corrected chi connectivity index (χ3v) is 6.79. The van der Waals surface area contributed by atoms with Crippen molar-refractivity contribution >= 4 is 43.8 Å². The molecule has 1 amide bonds. The van der Waals surface area contributed by atoms with Crippen LogP contribution in [0, 0.1) is 0 Å². The van der Waals surface area contributed by atoms with E-state index in [0.29, 0.717) is 29.4 Å². The number of sulfonamides is 1. The summed E-state index contributed by atoms with van der Waals surface area (Å²) in [5.74, 6) is -2.12. The number of hydrogen-bond donors (Lipinski definition) is 3. The Morgan fingerprint density at radius 3 is 2.09 bits per heavy atom. The molecule has 0 spiro atoms. The minimum atomic E-state index is -4.26. The van der Waals surface area contributed by atoms with Crippen LogP contribution in [0.15, 0.2) is 88.2 Å². The number of benzene rings is 3. The highest BCUT2D eigenvalue weighted by atomic mass is 32.2. The normalized spacial score (nSPS) is 13.0. The Labute approximate surface area is 204 Å². The van der Waals surface area contributed by atoms with Crippen LogP contribution in [0.2, 0.25) is 0 Å². The van der Waals surface area contributed by atoms with Crippen molar-refractivity contribution in [2.75, 3.05) is 0 Å². The predicted molar refractivity (Wildman–Crippen MR) is 134 cm³/mol.